The van der Waals surface area contributed by atoms with Crippen LogP contribution in [0.4, 0.5) is 0 Å². The van der Waals surface area contributed by atoms with Crippen LogP contribution in [0.25, 0.3) is 6.08 Å². The number of hydrogen-bond donors (Lipinski definition) is 0. The molecular formula is C15H17NO4S2. The van der Waals surface area contributed by atoms with Crippen molar-refractivity contribution < 1.29 is 19.0 Å². The molecule has 1 aliphatic heterocycles. The molecule has 1 aromatic rings. The van der Waals surface area contributed by atoms with Crippen molar-refractivity contribution in [2.24, 2.45) is 0 Å². The number of hydrogen-bond acceptors (Lipinski definition) is 6. The van der Waals surface area contributed by atoms with E-state index in [-0.39, 0.29) is 5.91 Å². The summed E-state index contributed by atoms with van der Waals surface area (Å²) in [5.41, 5.74) is 0.733. The highest BCUT2D eigenvalue weighted by molar-refractivity contribution is 8.26. The average molecular weight is 339 g/mol. The van der Waals surface area contributed by atoms with E-state index < -0.39 is 0 Å². The van der Waals surface area contributed by atoms with Gasteiger partial charge >= 0.3 is 0 Å². The standard InChI is InChI=1S/C15H17NO4S2/c1-5-16-14(17)11(22-15(16)21)8-9-6-7-10(18-2)13(20-4)12(9)19-3/h6-8H,5H2,1-4H3/b11-8+. The van der Waals surface area contributed by atoms with E-state index in [1.54, 1.807) is 38.4 Å². The maximum atomic E-state index is 12.3. The highest BCUT2D eigenvalue weighted by Crippen LogP contribution is 2.42. The molecule has 1 saturated heterocycles. The average Bonchev–Trinajstić information content (AvgIpc) is 2.80. The molecule has 5 nitrogen and oxygen atoms in total. The minimum Gasteiger partial charge on any atom is -0.493 e. The summed E-state index contributed by atoms with van der Waals surface area (Å²) in [6.07, 6.45) is 1.76. The molecule has 0 bridgehead atoms. The molecule has 22 heavy (non-hydrogen) atoms. The van der Waals surface area contributed by atoms with E-state index in [4.69, 9.17) is 26.4 Å². The first-order valence-corrected chi connectivity index (χ1v) is 7.84. The second-order valence-corrected chi connectivity index (χ2v) is 6.03. The van der Waals surface area contributed by atoms with Crippen molar-refractivity contribution in [3.8, 4) is 17.2 Å². The number of likely N-dealkylation sites (N-methyl/N-ethyl adjacent to an activating group) is 1. The van der Waals surface area contributed by atoms with Gasteiger partial charge in [0.15, 0.2) is 11.5 Å². The van der Waals surface area contributed by atoms with Gasteiger partial charge in [-0.3, -0.25) is 9.69 Å². The van der Waals surface area contributed by atoms with Crippen molar-refractivity contribution in [3.63, 3.8) is 0 Å². The third-order valence-corrected chi connectivity index (χ3v) is 4.59. The quantitative estimate of drug-likeness (QED) is 0.607. The molecule has 1 aliphatic rings. The molecule has 118 valence electrons. The third-order valence-electron chi connectivity index (χ3n) is 3.21. The fraction of sp³-hybridized carbons (Fsp3) is 0.333. The van der Waals surface area contributed by atoms with Crippen LogP contribution in [0.5, 0.6) is 17.2 Å². The first kappa shape index (κ1) is 16.6. The Morgan fingerprint density at radius 2 is 1.86 bits per heavy atom. The van der Waals surface area contributed by atoms with Crippen molar-refractivity contribution in [2.45, 2.75) is 6.92 Å². The van der Waals surface area contributed by atoms with Crippen LogP contribution in [0, 0.1) is 0 Å². The molecule has 0 unspecified atom stereocenters. The molecule has 0 radical (unpaired) electrons. The molecule has 1 heterocycles. The Labute approximate surface area is 139 Å². The van der Waals surface area contributed by atoms with Crippen LogP contribution in [0.3, 0.4) is 0 Å². The van der Waals surface area contributed by atoms with Crippen LogP contribution < -0.4 is 14.2 Å². The number of thioether (sulfide) groups is 1. The van der Waals surface area contributed by atoms with Crippen LogP contribution in [-0.2, 0) is 4.79 Å². The molecule has 0 aromatic heterocycles. The van der Waals surface area contributed by atoms with Gasteiger partial charge in [0, 0.05) is 12.1 Å². The summed E-state index contributed by atoms with van der Waals surface area (Å²) in [7, 11) is 4.65. The van der Waals surface area contributed by atoms with Gasteiger partial charge in [0.1, 0.15) is 4.32 Å². The fourth-order valence-corrected chi connectivity index (χ4v) is 3.53. The molecule has 2 rings (SSSR count). The molecule has 1 aromatic carbocycles. The van der Waals surface area contributed by atoms with Crippen molar-refractivity contribution >= 4 is 40.3 Å². The van der Waals surface area contributed by atoms with Gasteiger partial charge in [-0.2, -0.15) is 0 Å². The summed E-state index contributed by atoms with van der Waals surface area (Å²) in [4.78, 5) is 14.4. The maximum Gasteiger partial charge on any atom is 0.266 e. The molecular weight excluding hydrogens is 322 g/mol. The van der Waals surface area contributed by atoms with Gasteiger partial charge in [-0.15, -0.1) is 0 Å². The first-order chi connectivity index (χ1) is 10.6. The van der Waals surface area contributed by atoms with Crippen LogP contribution in [-0.4, -0.2) is 43.0 Å². The van der Waals surface area contributed by atoms with E-state index in [1.807, 2.05) is 13.0 Å². The summed E-state index contributed by atoms with van der Waals surface area (Å²) in [5, 5.41) is 0. The minimum absolute atomic E-state index is 0.0886. The fourth-order valence-electron chi connectivity index (χ4n) is 2.15. The highest BCUT2D eigenvalue weighted by atomic mass is 32.2. The largest absolute Gasteiger partial charge is 0.493 e. The van der Waals surface area contributed by atoms with Gasteiger partial charge in [-0.05, 0) is 25.1 Å². The lowest BCUT2D eigenvalue weighted by atomic mass is 10.1. The Morgan fingerprint density at radius 1 is 1.18 bits per heavy atom. The molecule has 7 heteroatoms. The lowest BCUT2D eigenvalue weighted by Crippen LogP contribution is -2.27. The molecule has 0 atom stereocenters. The molecule has 1 amide bonds. The second kappa shape index (κ2) is 7.02. The number of methoxy groups -OCH3 is 3. The highest BCUT2D eigenvalue weighted by Gasteiger charge is 2.31. The van der Waals surface area contributed by atoms with Crippen molar-refractivity contribution in [3.05, 3.63) is 22.6 Å². The zero-order valence-corrected chi connectivity index (χ0v) is 14.5. The van der Waals surface area contributed by atoms with Gasteiger partial charge in [-0.1, -0.05) is 24.0 Å². The molecule has 0 aliphatic carbocycles. The van der Waals surface area contributed by atoms with Crippen molar-refractivity contribution in [2.75, 3.05) is 27.9 Å². The van der Waals surface area contributed by atoms with Crippen LogP contribution in [0.2, 0.25) is 0 Å². The third kappa shape index (κ3) is 2.91. The monoisotopic (exact) mass is 339 g/mol. The minimum atomic E-state index is -0.0886. The summed E-state index contributed by atoms with van der Waals surface area (Å²) < 4.78 is 16.6. The maximum absolute atomic E-state index is 12.3. The lowest BCUT2D eigenvalue weighted by molar-refractivity contribution is -0.121. The van der Waals surface area contributed by atoms with Gasteiger partial charge in [-0.25, -0.2) is 0 Å². The van der Waals surface area contributed by atoms with Gasteiger partial charge in [0.2, 0.25) is 5.75 Å². The normalized spacial score (nSPS) is 16.4. The van der Waals surface area contributed by atoms with E-state index in [9.17, 15) is 4.79 Å². The van der Waals surface area contributed by atoms with Crippen LogP contribution in [0.1, 0.15) is 12.5 Å². The number of rotatable bonds is 5. The number of benzene rings is 1. The van der Waals surface area contributed by atoms with E-state index >= 15 is 0 Å². The zero-order chi connectivity index (χ0) is 16.3. The Bertz CT molecular complexity index is 643. The van der Waals surface area contributed by atoms with Crippen LogP contribution in [0.15, 0.2) is 17.0 Å². The molecule has 1 fully saturated rings. The van der Waals surface area contributed by atoms with E-state index in [0.29, 0.717) is 33.0 Å². The summed E-state index contributed by atoms with van der Waals surface area (Å²) in [6.45, 7) is 2.45. The number of amides is 1. The first-order valence-electron chi connectivity index (χ1n) is 6.61. The number of carbonyl (C=O) groups excluding carboxylic acids is 1. The second-order valence-electron chi connectivity index (χ2n) is 4.35. The Morgan fingerprint density at radius 3 is 2.36 bits per heavy atom. The van der Waals surface area contributed by atoms with Gasteiger partial charge in [0.05, 0.1) is 26.2 Å². The smallest absolute Gasteiger partial charge is 0.266 e. The Kier molecular flexibility index (Phi) is 5.31. The number of carbonyl (C=O) groups is 1. The summed E-state index contributed by atoms with van der Waals surface area (Å²) in [5.74, 6) is 1.49. The molecule has 0 spiro atoms. The number of thiocarbonyl (C=S) groups is 1. The van der Waals surface area contributed by atoms with Gasteiger partial charge in [0.25, 0.3) is 5.91 Å². The SMILES string of the molecule is CCN1C(=O)/C(=C\c2ccc(OC)c(OC)c2OC)SC1=S. The lowest BCUT2D eigenvalue weighted by Gasteiger charge is -2.14. The van der Waals surface area contributed by atoms with Crippen molar-refractivity contribution in [1.29, 1.82) is 0 Å². The predicted molar refractivity (Wildman–Crippen MR) is 91.7 cm³/mol. The summed E-state index contributed by atoms with van der Waals surface area (Å²) >= 11 is 6.50. The number of nitrogens with zero attached hydrogens (tertiary/aromatic N) is 1. The van der Waals surface area contributed by atoms with Crippen molar-refractivity contribution in [1.82, 2.24) is 4.90 Å². The molecule has 0 N–H and O–H groups in total. The Balaban J connectivity index is 2.48. The predicted octanol–water partition coefficient (Wildman–Crippen LogP) is 2.93. The summed E-state index contributed by atoms with van der Waals surface area (Å²) in [6, 6.07) is 3.59. The van der Waals surface area contributed by atoms with E-state index in [0.717, 1.165) is 5.56 Å². The topological polar surface area (TPSA) is 48.0 Å². The Hall–Kier alpha value is -1.73. The van der Waals surface area contributed by atoms with Gasteiger partial charge < -0.3 is 14.2 Å². The van der Waals surface area contributed by atoms with E-state index in [1.165, 1.54) is 11.8 Å². The van der Waals surface area contributed by atoms with E-state index in [2.05, 4.69) is 0 Å². The zero-order valence-electron chi connectivity index (χ0n) is 12.8. The van der Waals surface area contributed by atoms with Crippen LogP contribution >= 0.6 is 24.0 Å². The number of ether oxygens (including phenoxy) is 3. The molecule has 0 saturated carbocycles.